The van der Waals surface area contributed by atoms with Crippen LogP contribution in [0.5, 0.6) is 0 Å². The Morgan fingerprint density at radius 3 is 2.53 bits per heavy atom. The molecule has 0 amide bonds. The third-order valence-corrected chi connectivity index (χ3v) is 2.53. The standard InChI is InChI=1S/C12H20N2O/c1-5-14(4)12-7-10(8-15)6-11(13-12)9(2)3/h6-7,9,15H,5,8H2,1-4H3. The maximum atomic E-state index is 9.18. The van der Waals surface area contributed by atoms with Gasteiger partial charge in [0.05, 0.1) is 6.61 Å². The molecule has 0 aliphatic rings. The van der Waals surface area contributed by atoms with E-state index in [1.807, 2.05) is 19.2 Å². The second kappa shape index (κ2) is 5.12. The van der Waals surface area contributed by atoms with Crippen LogP contribution in [0.15, 0.2) is 12.1 Å². The molecule has 1 aromatic heterocycles. The van der Waals surface area contributed by atoms with Crippen LogP contribution < -0.4 is 4.90 Å². The molecular formula is C12H20N2O. The number of anilines is 1. The van der Waals surface area contributed by atoms with E-state index in [0.717, 1.165) is 23.6 Å². The van der Waals surface area contributed by atoms with Crippen molar-refractivity contribution >= 4 is 5.82 Å². The van der Waals surface area contributed by atoms with Gasteiger partial charge in [-0.2, -0.15) is 0 Å². The van der Waals surface area contributed by atoms with E-state index in [1.165, 1.54) is 0 Å². The van der Waals surface area contributed by atoms with E-state index in [9.17, 15) is 5.11 Å². The van der Waals surface area contributed by atoms with Gasteiger partial charge in [0.25, 0.3) is 0 Å². The molecule has 0 aliphatic carbocycles. The summed E-state index contributed by atoms with van der Waals surface area (Å²) >= 11 is 0. The molecule has 3 nitrogen and oxygen atoms in total. The lowest BCUT2D eigenvalue weighted by atomic mass is 10.1. The summed E-state index contributed by atoms with van der Waals surface area (Å²) in [5, 5.41) is 9.18. The molecule has 0 aliphatic heterocycles. The van der Waals surface area contributed by atoms with Gasteiger partial charge in [0, 0.05) is 19.3 Å². The first kappa shape index (κ1) is 12.0. The summed E-state index contributed by atoms with van der Waals surface area (Å²) in [6.45, 7) is 7.30. The quantitative estimate of drug-likeness (QED) is 0.823. The second-order valence-electron chi connectivity index (χ2n) is 4.09. The van der Waals surface area contributed by atoms with Crippen molar-refractivity contribution in [1.29, 1.82) is 0 Å². The Balaban J connectivity index is 3.11. The average molecular weight is 208 g/mol. The zero-order valence-corrected chi connectivity index (χ0v) is 9.99. The van der Waals surface area contributed by atoms with E-state index in [0.29, 0.717) is 5.92 Å². The van der Waals surface area contributed by atoms with Crippen molar-refractivity contribution in [3.05, 3.63) is 23.4 Å². The summed E-state index contributed by atoms with van der Waals surface area (Å²) in [5.41, 5.74) is 1.97. The lowest BCUT2D eigenvalue weighted by Crippen LogP contribution is -2.18. The fourth-order valence-electron chi connectivity index (χ4n) is 1.34. The van der Waals surface area contributed by atoms with Crippen LogP contribution in [-0.4, -0.2) is 23.7 Å². The van der Waals surface area contributed by atoms with Crippen molar-refractivity contribution < 1.29 is 5.11 Å². The van der Waals surface area contributed by atoms with Crippen LogP contribution in [0.3, 0.4) is 0 Å². The molecule has 84 valence electrons. The minimum atomic E-state index is 0.0762. The highest BCUT2D eigenvalue weighted by Gasteiger charge is 2.07. The molecule has 1 N–H and O–H groups in total. The van der Waals surface area contributed by atoms with Gasteiger partial charge in [-0.05, 0) is 30.5 Å². The summed E-state index contributed by atoms with van der Waals surface area (Å²) in [7, 11) is 2.01. The Kier molecular flexibility index (Phi) is 4.09. The monoisotopic (exact) mass is 208 g/mol. The highest BCUT2D eigenvalue weighted by atomic mass is 16.3. The molecule has 15 heavy (non-hydrogen) atoms. The van der Waals surface area contributed by atoms with Crippen LogP contribution in [0.1, 0.15) is 37.9 Å². The molecule has 0 saturated heterocycles. The number of aliphatic hydroxyl groups is 1. The van der Waals surface area contributed by atoms with Gasteiger partial charge in [0.2, 0.25) is 0 Å². The minimum absolute atomic E-state index is 0.0762. The highest BCUT2D eigenvalue weighted by molar-refractivity contribution is 5.42. The first-order valence-electron chi connectivity index (χ1n) is 5.41. The van der Waals surface area contributed by atoms with E-state index < -0.39 is 0 Å². The van der Waals surface area contributed by atoms with Crippen molar-refractivity contribution in [2.75, 3.05) is 18.5 Å². The third kappa shape index (κ3) is 2.93. The van der Waals surface area contributed by atoms with E-state index in [-0.39, 0.29) is 6.61 Å². The van der Waals surface area contributed by atoms with Crippen LogP contribution in [0.2, 0.25) is 0 Å². The van der Waals surface area contributed by atoms with Gasteiger partial charge in [-0.25, -0.2) is 4.98 Å². The SMILES string of the molecule is CCN(C)c1cc(CO)cc(C(C)C)n1. The van der Waals surface area contributed by atoms with Crippen molar-refractivity contribution in [3.63, 3.8) is 0 Å². The van der Waals surface area contributed by atoms with Crippen molar-refractivity contribution in [2.45, 2.75) is 33.3 Å². The molecule has 0 atom stereocenters. The van der Waals surface area contributed by atoms with Gasteiger partial charge in [-0.1, -0.05) is 13.8 Å². The smallest absolute Gasteiger partial charge is 0.128 e. The molecule has 0 spiro atoms. The topological polar surface area (TPSA) is 36.4 Å². The number of aliphatic hydroxyl groups excluding tert-OH is 1. The summed E-state index contributed by atoms with van der Waals surface area (Å²) in [5.74, 6) is 1.33. The van der Waals surface area contributed by atoms with Gasteiger partial charge in [0.15, 0.2) is 0 Å². The largest absolute Gasteiger partial charge is 0.392 e. The van der Waals surface area contributed by atoms with Crippen LogP contribution in [-0.2, 0) is 6.61 Å². The second-order valence-corrected chi connectivity index (χ2v) is 4.09. The van der Waals surface area contributed by atoms with Gasteiger partial charge in [-0.15, -0.1) is 0 Å². The minimum Gasteiger partial charge on any atom is -0.392 e. The van der Waals surface area contributed by atoms with Crippen LogP contribution in [0.25, 0.3) is 0 Å². The highest BCUT2D eigenvalue weighted by Crippen LogP contribution is 2.19. The molecule has 1 rings (SSSR count). The number of hydrogen-bond acceptors (Lipinski definition) is 3. The average Bonchev–Trinajstić information content (AvgIpc) is 2.27. The number of hydrogen-bond donors (Lipinski definition) is 1. The van der Waals surface area contributed by atoms with Crippen LogP contribution in [0.4, 0.5) is 5.82 Å². The zero-order valence-electron chi connectivity index (χ0n) is 9.99. The van der Waals surface area contributed by atoms with Gasteiger partial charge < -0.3 is 10.0 Å². The van der Waals surface area contributed by atoms with Crippen LogP contribution in [0, 0.1) is 0 Å². The van der Waals surface area contributed by atoms with Crippen LogP contribution >= 0.6 is 0 Å². The van der Waals surface area contributed by atoms with Gasteiger partial charge >= 0.3 is 0 Å². The van der Waals surface area contributed by atoms with E-state index in [4.69, 9.17) is 0 Å². The number of aromatic nitrogens is 1. The number of pyridine rings is 1. The summed E-state index contributed by atoms with van der Waals surface area (Å²) < 4.78 is 0. The van der Waals surface area contributed by atoms with Crippen molar-refractivity contribution in [1.82, 2.24) is 4.98 Å². The van der Waals surface area contributed by atoms with Crippen molar-refractivity contribution in [3.8, 4) is 0 Å². The molecule has 0 radical (unpaired) electrons. The Morgan fingerprint density at radius 1 is 1.40 bits per heavy atom. The lowest BCUT2D eigenvalue weighted by molar-refractivity contribution is 0.281. The van der Waals surface area contributed by atoms with Gasteiger partial charge in [0.1, 0.15) is 5.82 Å². The predicted molar refractivity (Wildman–Crippen MR) is 63.2 cm³/mol. The molecular weight excluding hydrogens is 188 g/mol. The van der Waals surface area contributed by atoms with E-state index in [1.54, 1.807) is 0 Å². The molecule has 1 aromatic rings. The fraction of sp³-hybridized carbons (Fsp3) is 0.583. The summed E-state index contributed by atoms with van der Waals surface area (Å²) in [4.78, 5) is 6.64. The molecule has 0 aromatic carbocycles. The number of rotatable bonds is 4. The maximum absolute atomic E-state index is 9.18. The first-order valence-corrected chi connectivity index (χ1v) is 5.41. The summed E-state index contributed by atoms with van der Waals surface area (Å²) in [6, 6.07) is 3.91. The molecule has 0 fully saturated rings. The fourth-order valence-corrected chi connectivity index (χ4v) is 1.34. The Labute approximate surface area is 91.8 Å². The zero-order chi connectivity index (χ0) is 11.4. The first-order chi connectivity index (χ1) is 7.08. The summed E-state index contributed by atoms with van der Waals surface area (Å²) in [6.07, 6.45) is 0. The maximum Gasteiger partial charge on any atom is 0.128 e. The predicted octanol–water partition coefficient (Wildman–Crippen LogP) is 2.15. The molecule has 0 unspecified atom stereocenters. The Bertz CT molecular complexity index is 323. The molecule has 1 heterocycles. The third-order valence-electron chi connectivity index (χ3n) is 2.53. The lowest BCUT2D eigenvalue weighted by Gasteiger charge is -2.18. The molecule has 0 bridgehead atoms. The normalized spacial score (nSPS) is 10.8. The molecule has 3 heteroatoms. The Hall–Kier alpha value is -1.09. The Morgan fingerprint density at radius 2 is 2.07 bits per heavy atom. The molecule has 0 saturated carbocycles. The van der Waals surface area contributed by atoms with E-state index >= 15 is 0 Å². The van der Waals surface area contributed by atoms with Gasteiger partial charge in [-0.3, -0.25) is 0 Å². The number of nitrogens with zero attached hydrogens (tertiary/aromatic N) is 2. The van der Waals surface area contributed by atoms with E-state index in [2.05, 4.69) is 30.7 Å². The van der Waals surface area contributed by atoms with Crippen molar-refractivity contribution in [2.24, 2.45) is 0 Å².